The summed E-state index contributed by atoms with van der Waals surface area (Å²) >= 11 is 1.12. The van der Waals surface area contributed by atoms with Gasteiger partial charge in [-0.3, -0.25) is 4.72 Å². The number of anilines is 1. The third-order valence-electron chi connectivity index (χ3n) is 5.77. The average Bonchev–Trinajstić information content (AvgIpc) is 2.80. The smallest absolute Gasteiger partial charge is 0.394 e. The first-order valence-electron chi connectivity index (χ1n) is 11.4. The van der Waals surface area contributed by atoms with Crippen LogP contribution in [0.2, 0.25) is 0 Å². The number of benzene rings is 2. The Morgan fingerprint density at radius 3 is 2.38 bits per heavy atom. The number of nitrogens with zero attached hydrogens (tertiary/aromatic N) is 2. The van der Waals surface area contributed by atoms with Gasteiger partial charge in [-0.05, 0) is 61.5 Å². The molecule has 0 spiro atoms. The highest BCUT2D eigenvalue weighted by atomic mass is 32.2. The van der Waals surface area contributed by atoms with Crippen molar-refractivity contribution in [1.82, 2.24) is 9.97 Å². The van der Waals surface area contributed by atoms with Gasteiger partial charge in [0.15, 0.2) is 0 Å². The van der Waals surface area contributed by atoms with Gasteiger partial charge in [0.1, 0.15) is 6.61 Å². The molecule has 0 aliphatic carbocycles. The van der Waals surface area contributed by atoms with E-state index >= 15 is 0 Å². The van der Waals surface area contributed by atoms with Crippen LogP contribution in [-0.4, -0.2) is 39.9 Å². The maximum Gasteiger partial charge on any atom is 0.394 e. The molecule has 0 saturated heterocycles. The quantitative estimate of drug-likeness (QED) is 0.261. The summed E-state index contributed by atoms with van der Waals surface area (Å²) in [6.07, 6.45) is -4.70. The maximum atomic E-state index is 13.3. The Hall–Kier alpha value is -3.31. The number of aromatic nitrogens is 2. The zero-order valence-electron chi connectivity index (χ0n) is 20.9. The second kappa shape index (κ2) is 11.4. The monoisotopic (exact) mass is 534 g/mol. The van der Waals surface area contributed by atoms with E-state index in [9.17, 15) is 23.1 Å². The number of hydrogen-bond acceptors (Lipinski definition) is 7. The summed E-state index contributed by atoms with van der Waals surface area (Å²) in [5.74, 6) is -0.711. The Bertz CT molecular complexity index is 1250. The van der Waals surface area contributed by atoms with Gasteiger partial charge in [-0.15, -0.1) is 0 Å². The van der Waals surface area contributed by atoms with Crippen LogP contribution in [-0.2, 0) is 0 Å². The van der Waals surface area contributed by atoms with E-state index in [-0.39, 0.29) is 30.4 Å². The molecule has 3 rings (SSSR count). The zero-order chi connectivity index (χ0) is 27.4. The Balaban J connectivity index is 1.86. The highest BCUT2D eigenvalue weighted by molar-refractivity contribution is 8.00. The number of nitrogens with one attached hydrogen (secondary N) is 1. The highest BCUT2D eigenvalue weighted by Gasteiger charge is 2.47. The van der Waals surface area contributed by atoms with Crippen LogP contribution in [0.3, 0.4) is 0 Å². The number of carbonyl (C=O) groups is 1. The van der Waals surface area contributed by atoms with Gasteiger partial charge in [-0.25, -0.2) is 9.78 Å². The zero-order valence-corrected chi connectivity index (χ0v) is 21.7. The minimum Gasteiger partial charge on any atom is -0.478 e. The first kappa shape index (κ1) is 28.3. The topological polar surface area (TPSA) is 110 Å². The molecule has 4 N–H and O–H groups in total. The lowest BCUT2D eigenvalue weighted by Gasteiger charge is -2.30. The number of alkyl halides is 3. The van der Waals surface area contributed by atoms with Crippen molar-refractivity contribution in [1.29, 1.82) is 0 Å². The van der Waals surface area contributed by atoms with E-state index in [0.717, 1.165) is 42.5 Å². The summed E-state index contributed by atoms with van der Waals surface area (Å²) < 4.78 is 48.5. The highest BCUT2D eigenvalue weighted by Crippen LogP contribution is 2.41. The number of nitrogens with two attached hydrogens (primary N) is 1. The fourth-order valence-corrected chi connectivity index (χ4v) is 4.34. The average molecular weight is 535 g/mol. The van der Waals surface area contributed by atoms with Crippen LogP contribution in [0.15, 0.2) is 53.4 Å². The van der Waals surface area contributed by atoms with Crippen molar-refractivity contribution in [3.05, 3.63) is 65.2 Å². The van der Waals surface area contributed by atoms with E-state index in [1.807, 2.05) is 32.0 Å². The molecule has 1 atom stereocenters. The molecule has 198 valence electrons. The summed E-state index contributed by atoms with van der Waals surface area (Å²) in [6.45, 7) is 5.93. The van der Waals surface area contributed by atoms with Crippen LogP contribution in [0.1, 0.15) is 41.8 Å². The summed E-state index contributed by atoms with van der Waals surface area (Å²) in [5.41, 5.74) is 7.54. The fourth-order valence-electron chi connectivity index (χ4n) is 3.71. The van der Waals surface area contributed by atoms with Crippen molar-refractivity contribution < 1.29 is 27.8 Å². The van der Waals surface area contributed by atoms with Gasteiger partial charge >= 0.3 is 12.1 Å². The van der Waals surface area contributed by atoms with Gasteiger partial charge < -0.3 is 15.6 Å². The molecule has 0 radical (unpaired) electrons. The predicted molar refractivity (Wildman–Crippen MR) is 138 cm³/mol. The Morgan fingerprint density at radius 2 is 1.76 bits per heavy atom. The molecule has 1 heterocycles. The molecule has 0 saturated carbocycles. The number of carboxylic acids is 1. The van der Waals surface area contributed by atoms with Crippen molar-refractivity contribution >= 4 is 23.9 Å². The molecule has 7 nitrogen and oxygen atoms in total. The molecule has 0 aliphatic rings. The number of halogens is 3. The molecule has 0 amide bonds. The third-order valence-corrected chi connectivity index (χ3v) is 6.54. The Labute approximate surface area is 217 Å². The van der Waals surface area contributed by atoms with E-state index in [1.165, 1.54) is 12.1 Å². The van der Waals surface area contributed by atoms with Gasteiger partial charge in [-0.2, -0.15) is 18.2 Å². The van der Waals surface area contributed by atoms with Gasteiger partial charge in [0.05, 0.1) is 16.7 Å². The SMILES string of the molecule is Cc1cccc(C)c1-c1cc(OCC(N)CC(C)(C)C(F)(F)F)nc(NSc2cccc(C(=O)O)c2)n1. The Kier molecular flexibility index (Phi) is 8.70. The molecule has 0 fully saturated rings. The van der Waals surface area contributed by atoms with Crippen LogP contribution >= 0.6 is 11.9 Å². The van der Waals surface area contributed by atoms with Gasteiger partial charge in [0.25, 0.3) is 0 Å². The van der Waals surface area contributed by atoms with Crippen molar-refractivity contribution in [3.8, 4) is 17.1 Å². The summed E-state index contributed by atoms with van der Waals surface area (Å²) in [7, 11) is 0. The molecule has 2 aromatic carbocycles. The van der Waals surface area contributed by atoms with Crippen LogP contribution in [0, 0.1) is 19.3 Å². The number of rotatable bonds is 10. The minimum atomic E-state index is -4.39. The lowest BCUT2D eigenvalue weighted by atomic mass is 9.85. The van der Waals surface area contributed by atoms with Gasteiger partial charge in [0.2, 0.25) is 11.8 Å². The second-order valence-electron chi connectivity index (χ2n) is 9.38. The van der Waals surface area contributed by atoms with Crippen LogP contribution in [0.5, 0.6) is 5.88 Å². The van der Waals surface area contributed by atoms with E-state index in [4.69, 9.17) is 10.5 Å². The Morgan fingerprint density at radius 1 is 1.11 bits per heavy atom. The van der Waals surface area contributed by atoms with Gasteiger partial charge in [0, 0.05) is 22.6 Å². The fraction of sp³-hybridized carbons (Fsp3) is 0.346. The van der Waals surface area contributed by atoms with Crippen LogP contribution in [0.4, 0.5) is 19.1 Å². The maximum absolute atomic E-state index is 13.3. The summed E-state index contributed by atoms with van der Waals surface area (Å²) in [6, 6.07) is 12.9. The van der Waals surface area contributed by atoms with E-state index in [0.29, 0.717) is 10.6 Å². The predicted octanol–water partition coefficient (Wildman–Crippen LogP) is 6.26. The largest absolute Gasteiger partial charge is 0.478 e. The molecular weight excluding hydrogens is 505 g/mol. The summed E-state index contributed by atoms with van der Waals surface area (Å²) in [5, 5.41) is 9.22. The second-order valence-corrected chi connectivity index (χ2v) is 10.3. The molecular formula is C26H29F3N4O3S. The van der Waals surface area contributed by atoms with Crippen LogP contribution < -0.4 is 15.2 Å². The number of carboxylic acid groups (broad SMARTS) is 1. The molecule has 1 unspecified atom stereocenters. The number of aryl methyl sites for hydroxylation is 2. The standard InChI is InChI=1S/C26H29F3N4O3S/c1-15-7-5-8-16(2)22(15)20-12-21(36-14-18(30)13-25(3,4)26(27,28)29)32-24(31-20)33-37-19-10-6-9-17(11-19)23(34)35/h5-12,18H,13-14,30H2,1-4H3,(H,34,35)(H,31,32,33). The molecule has 11 heteroatoms. The van der Waals surface area contributed by atoms with Crippen molar-refractivity contribution in [2.24, 2.45) is 11.1 Å². The van der Waals surface area contributed by atoms with Gasteiger partial charge in [-0.1, -0.05) is 38.1 Å². The van der Waals surface area contributed by atoms with E-state index in [1.54, 1.807) is 18.2 Å². The lowest BCUT2D eigenvalue weighted by Crippen LogP contribution is -2.40. The van der Waals surface area contributed by atoms with Crippen LogP contribution in [0.25, 0.3) is 11.3 Å². The minimum absolute atomic E-state index is 0.136. The molecule has 0 bridgehead atoms. The van der Waals surface area contributed by atoms with Crippen molar-refractivity contribution in [2.45, 2.75) is 51.2 Å². The van der Waals surface area contributed by atoms with E-state index < -0.39 is 23.6 Å². The molecule has 1 aromatic heterocycles. The molecule has 3 aromatic rings. The van der Waals surface area contributed by atoms with Crippen molar-refractivity contribution in [2.75, 3.05) is 11.3 Å². The first-order chi connectivity index (χ1) is 17.3. The van der Waals surface area contributed by atoms with E-state index in [2.05, 4.69) is 14.7 Å². The molecule has 0 aliphatic heterocycles. The third kappa shape index (κ3) is 7.36. The first-order valence-corrected chi connectivity index (χ1v) is 12.3. The normalized spacial score (nSPS) is 12.8. The molecule has 37 heavy (non-hydrogen) atoms. The number of aromatic carboxylic acids is 1. The van der Waals surface area contributed by atoms with Crippen molar-refractivity contribution in [3.63, 3.8) is 0 Å². The lowest BCUT2D eigenvalue weighted by molar-refractivity contribution is -0.215. The number of ether oxygens (including phenoxy) is 1. The number of hydrogen-bond donors (Lipinski definition) is 3. The summed E-state index contributed by atoms with van der Waals surface area (Å²) in [4.78, 5) is 20.8.